The second kappa shape index (κ2) is 40.0. The van der Waals surface area contributed by atoms with Crippen LogP contribution in [0.3, 0.4) is 0 Å². The van der Waals surface area contributed by atoms with Crippen molar-refractivity contribution in [3.8, 4) is 0 Å². The molecule has 0 atom stereocenters. The predicted molar refractivity (Wildman–Crippen MR) is 170 cm³/mol. The molecule has 240 valence electrons. The normalized spacial score (nSPS) is 8.44. The summed E-state index contributed by atoms with van der Waals surface area (Å²) in [7, 11) is 0. The summed E-state index contributed by atoms with van der Waals surface area (Å²) in [5, 5.41) is 0. The van der Waals surface area contributed by atoms with E-state index in [9.17, 15) is 9.59 Å². The van der Waals surface area contributed by atoms with E-state index in [1.54, 1.807) is 24.3 Å². The van der Waals surface area contributed by atoms with Gasteiger partial charge >= 0.3 is 35.0 Å². The fraction of sp³-hybridized carbons (Fsp3) is 0.533. The molecule has 0 amide bonds. The third-order valence-corrected chi connectivity index (χ3v) is 5.50. The van der Waals surface area contributed by atoms with Crippen LogP contribution in [0.15, 0.2) is 60.7 Å². The summed E-state index contributed by atoms with van der Waals surface area (Å²) in [6.45, 7) is 5.17. The van der Waals surface area contributed by atoms with E-state index < -0.39 is 11.9 Å². The van der Waals surface area contributed by atoms with Gasteiger partial charge in [0.25, 0.3) is 0 Å². The Kier molecular flexibility index (Phi) is 53.6. The summed E-state index contributed by atoms with van der Waals surface area (Å²) in [6, 6.07) is 18.7. The number of ether oxygens (including phenoxy) is 2. The minimum Gasteiger partial charge on any atom is -0.462 e. The highest BCUT2D eigenvalue weighted by atomic mass is 24.3. The molecule has 0 unspecified atom stereocenters. The number of carbonyl (C=O) groups excluding carboxylic acids is 2. The van der Waals surface area contributed by atoms with Crippen LogP contribution in [0.4, 0.5) is 0 Å². The van der Waals surface area contributed by atoms with Crippen molar-refractivity contribution in [2.24, 2.45) is 0 Å². The van der Waals surface area contributed by atoms with Crippen LogP contribution >= 0.6 is 0 Å². The Morgan fingerprint density at radius 2 is 0.732 bits per heavy atom. The molecule has 0 radical (unpaired) electrons. The Hall–Kier alpha value is -2.09. The fourth-order valence-corrected chi connectivity index (χ4v) is 3.47. The first kappa shape index (κ1) is 54.9. The molecule has 2 aromatic rings. The van der Waals surface area contributed by atoms with Crippen molar-refractivity contribution in [3.05, 3.63) is 71.8 Å². The topological polar surface area (TPSA) is 242 Å². The molecule has 0 saturated heterocycles. The second-order valence-electron chi connectivity index (χ2n) is 8.51. The number of unbranched alkanes of at least 4 members (excludes halogenated alkanes) is 10. The van der Waals surface area contributed by atoms with Gasteiger partial charge in [0.2, 0.25) is 0 Å². The standard InChI is InChI=1S/C24H38O4.C6H6.Mg.6H2O.2H/c1-3-5-7-9-11-15-19-27-23(25)21-17-13-14-18-22(21)24(26)28-20-16-12-10-8-6-4-2;1-2-4-6-5-3-1;;;;;;;;;/h13-14,17-18H,3-12,15-16,19-20H2,1-2H3;1-6H;;6*1H2;;. The Morgan fingerprint density at radius 3 is 1.02 bits per heavy atom. The van der Waals surface area contributed by atoms with E-state index in [1.165, 1.54) is 51.4 Å². The molecule has 11 heteroatoms. The van der Waals surface area contributed by atoms with Crippen molar-refractivity contribution in [1.82, 2.24) is 0 Å². The van der Waals surface area contributed by atoms with E-state index in [0.717, 1.165) is 25.7 Å². The summed E-state index contributed by atoms with van der Waals surface area (Å²) in [4.78, 5) is 24.7. The lowest BCUT2D eigenvalue weighted by molar-refractivity contribution is 0.0450. The smallest absolute Gasteiger partial charge is 0.339 e. The highest BCUT2D eigenvalue weighted by Crippen LogP contribution is 2.14. The molecule has 0 aromatic heterocycles. The Morgan fingerprint density at radius 1 is 0.463 bits per heavy atom. The van der Waals surface area contributed by atoms with E-state index in [0.29, 0.717) is 24.3 Å². The molecular formula is C30H58MgO10. The van der Waals surface area contributed by atoms with Gasteiger partial charge in [-0.25, -0.2) is 9.59 Å². The molecule has 0 fully saturated rings. The van der Waals surface area contributed by atoms with Crippen LogP contribution < -0.4 is 0 Å². The fourth-order valence-electron chi connectivity index (χ4n) is 3.47. The molecule has 41 heavy (non-hydrogen) atoms. The van der Waals surface area contributed by atoms with Gasteiger partial charge in [-0.1, -0.05) is 127 Å². The Labute approximate surface area is 262 Å². The van der Waals surface area contributed by atoms with Crippen LogP contribution in [0, 0.1) is 0 Å². The number of rotatable bonds is 16. The van der Waals surface area contributed by atoms with E-state index in [-0.39, 0.29) is 55.9 Å². The van der Waals surface area contributed by atoms with Crippen molar-refractivity contribution in [2.75, 3.05) is 13.2 Å². The van der Waals surface area contributed by atoms with Crippen LogP contribution in [0.5, 0.6) is 0 Å². The van der Waals surface area contributed by atoms with Crippen LogP contribution in [-0.4, -0.2) is 81.1 Å². The molecule has 2 rings (SSSR count). The van der Waals surface area contributed by atoms with E-state index in [4.69, 9.17) is 9.47 Å². The average Bonchev–Trinajstić information content (AvgIpc) is 2.88. The van der Waals surface area contributed by atoms with Gasteiger partial charge in [0, 0.05) is 0 Å². The lowest BCUT2D eigenvalue weighted by atomic mass is 10.1. The Balaban J connectivity index is -0.000000158. The largest absolute Gasteiger partial charge is 0.462 e. The molecule has 10 nitrogen and oxygen atoms in total. The van der Waals surface area contributed by atoms with E-state index in [1.807, 2.05) is 36.4 Å². The number of benzene rings is 2. The highest BCUT2D eigenvalue weighted by Gasteiger charge is 2.18. The van der Waals surface area contributed by atoms with Crippen LogP contribution in [0.2, 0.25) is 0 Å². The van der Waals surface area contributed by atoms with Crippen LogP contribution in [-0.2, 0) is 9.47 Å². The maximum atomic E-state index is 12.4. The zero-order valence-corrected chi connectivity index (χ0v) is 24.3. The first-order chi connectivity index (χ1) is 16.7. The zero-order chi connectivity index (χ0) is 24.7. The van der Waals surface area contributed by atoms with Gasteiger partial charge in [-0.3, -0.25) is 0 Å². The SMILES string of the molecule is CCCCCCCCOC(=O)c1ccccc1C(=O)OCCCCCCCC.O.O.O.O.O.O.[MgH2].c1ccccc1. The minimum atomic E-state index is -0.444. The second-order valence-corrected chi connectivity index (χ2v) is 8.51. The average molecular weight is 603 g/mol. The maximum Gasteiger partial charge on any atom is 0.339 e. The van der Waals surface area contributed by atoms with Crippen molar-refractivity contribution in [3.63, 3.8) is 0 Å². The van der Waals surface area contributed by atoms with Gasteiger partial charge in [0.15, 0.2) is 0 Å². The first-order valence-corrected chi connectivity index (χ1v) is 13.1. The molecule has 0 aliphatic carbocycles. The van der Waals surface area contributed by atoms with Gasteiger partial charge in [-0.15, -0.1) is 0 Å². The van der Waals surface area contributed by atoms with Gasteiger partial charge in [-0.2, -0.15) is 0 Å². The lowest BCUT2D eigenvalue weighted by Crippen LogP contribution is -2.15. The van der Waals surface area contributed by atoms with Gasteiger partial charge in [0.1, 0.15) is 0 Å². The summed E-state index contributed by atoms with van der Waals surface area (Å²) >= 11 is 0. The summed E-state index contributed by atoms with van der Waals surface area (Å²) in [6.07, 6.45) is 13.6. The highest BCUT2D eigenvalue weighted by molar-refractivity contribution is 6.03. The molecule has 0 bridgehead atoms. The van der Waals surface area contributed by atoms with Crippen molar-refractivity contribution < 1.29 is 51.9 Å². The molecule has 0 heterocycles. The lowest BCUT2D eigenvalue weighted by Gasteiger charge is -2.10. The summed E-state index contributed by atoms with van der Waals surface area (Å²) < 4.78 is 10.7. The third-order valence-electron chi connectivity index (χ3n) is 5.50. The van der Waals surface area contributed by atoms with Gasteiger partial charge in [0.05, 0.1) is 24.3 Å². The summed E-state index contributed by atoms with van der Waals surface area (Å²) in [5.74, 6) is -0.888. The first-order valence-electron chi connectivity index (χ1n) is 13.1. The van der Waals surface area contributed by atoms with Gasteiger partial charge in [-0.05, 0) is 25.0 Å². The zero-order valence-electron chi connectivity index (χ0n) is 24.3. The monoisotopic (exact) mass is 602 g/mol. The number of hydrogen-bond donors (Lipinski definition) is 0. The van der Waals surface area contributed by atoms with Crippen molar-refractivity contribution in [1.29, 1.82) is 0 Å². The predicted octanol–water partition coefficient (Wildman–Crippen LogP) is 2.54. The van der Waals surface area contributed by atoms with Gasteiger partial charge < -0.3 is 42.3 Å². The molecular weight excluding hydrogens is 545 g/mol. The van der Waals surface area contributed by atoms with Crippen LogP contribution in [0.1, 0.15) is 112 Å². The molecule has 0 aliphatic rings. The number of esters is 2. The van der Waals surface area contributed by atoms with Crippen molar-refractivity contribution in [2.45, 2.75) is 90.9 Å². The molecule has 0 saturated carbocycles. The van der Waals surface area contributed by atoms with Crippen molar-refractivity contribution >= 4 is 35.0 Å². The van der Waals surface area contributed by atoms with E-state index in [2.05, 4.69) is 13.8 Å². The summed E-state index contributed by atoms with van der Waals surface area (Å²) in [5.41, 5.74) is 0.586. The number of carbonyl (C=O) groups is 2. The molecule has 0 spiro atoms. The minimum absolute atomic E-state index is 0. The third kappa shape index (κ3) is 29.2. The maximum absolute atomic E-state index is 12.4. The van der Waals surface area contributed by atoms with Crippen LogP contribution in [0.25, 0.3) is 0 Å². The Bertz CT molecular complexity index is 703. The molecule has 2 aromatic carbocycles. The number of hydrogen-bond acceptors (Lipinski definition) is 4. The quantitative estimate of drug-likeness (QED) is 0.160. The molecule has 12 N–H and O–H groups in total. The molecule has 0 aliphatic heterocycles. The van der Waals surface area contributed by atoms with E-state index >= 15 is 0 Å².